The smallest absolute Gasteiger partial charge is 0.123 e. The van der Waals surface area contributed by atoms with E-state index in [-0.39, 0.29) is 6.10 Å². The van der Waals surface area contributed by atoms with Crippen molar-refractivity contribution in [2.75, 3.05) is 19.7 Å². The first-order chi connectivity index (χ1) is 8.65. The van der Waals surface area contributed by atoms with Crippen molar-refractivity contribution in [1.29, 1.82) is 0 Å². The summed E-state index contributed by atoms with van der Waals surface area (Å²) in [5, 5.41) is 10.7. The van der Waals surface area contributed by atoms with Crippen molar-refractivity contribution < 1.29 is 9.84 Å². The summed E-state index contributed by atoms with van der Waals surface area (Å²) in [5.41, 5.74) is 0.942. The maximum atomic E-state index is 9.69. The second-order valence-corrected chi connectivity index (χ2v) is 6.35. The number of morpholine rings is 1. The van der Waals surface area contributed by atoms with Crippen LogP contribution in [0.15, 0.2) is 0 Å². The van der Waals surface area contributed by atoms with Crippen LogP contribution in [0.4, 0.5) is 0 Å². The first kappa shape index (κ1) is 12.5. The van der Waals surface area contributed by atoms with Gasteiger partial charge in [0.15, 0.2) is 0 Å². The summed E-state index contributed by atoms with van der Waals surface area (Å²) in [6.45, 7) is 6.73. The highest BCUT2D eigenvalue weighted by Crippen LogP contribution is 2.34. The second kappa shape index (κ2) is 4.89. The van der Waals surface area contributed by atoms with E-state index in [4.69, 9.17) is 4.74 Å². The summed E-state index contributed by atoms with van der Waals surface area (Å²) >= 11 is 1.60. The molecule has 4 nitrogen and oxygen atoms in total. The van der Waals surface area contributed by atoms with Gasteiger partial charge in [-0.3, -0.25) is 4.90 Å². The van der Waals surface area contributed by atoms with Crippen LogP contribution in [0.1, 0.15) is 47.6 Å². The largest absolute Gasteiger partial charge is 0.388 e. The number of nitrogens with zero attached hydrogens (tertiary/aromatic N) is 2. The van der Waals surface area contributed by atoms with E-state index in [1.807, 2.05) is 6.92 Å². The molecule has 100 valence electrons. The van der Waals surface area contributed by atoms with Crippen LogP contribution in [0.3, 0.4) is 0 Å². The Kier molecular flexibility index (Phi) is 3.40. The fraction of sp³-hybridized carbons (Fsp3) is 0.769. The monoisotopic (exact) mass is 268 g/mol. The van der Waals surface area contributed by atoms with Crippen LogP contribution in [0.25, 0.3) is 0 Å². The molecule has 3 unspecified atom stereocenters. The molecular formula is C13H20N2O2S. The predicted molar refractivity (Wildman–Crippen MR) is 70.8 cm³/mol. The second-order valence-electron chi connectivity index (χ2n) is 5.29. The lowest BCUT2D eigenvalue weighted by atomic mass is 10.2. The van der Waals surface area contributed by atoms with Crippen molar-refractivity contribution in [3.8, 4) is 0 Å². The van der Waals surface area contributed by atoms with Gasteiger partial charge >= 0.3 is 0 Å². The average molecular weight is 268 g/mol. The van der Waals surface area contributed by atoms with Crippen molar-refractivity contribution >= 4 is 11.3 Å². The van der Waals surface area contributed by atoms with E-state index >= 15 is 0 Å². The quantitative estimate of drug-likeness (QED) is 0.891. The predicted octanol–water partition coefficient (Wildman–Crippen LogP) is 2.04. The molecule has 2 aliphatic rings. The highest BCUT2D eigenvalue weighted by Gasteiger charge is 2.34. The van der Waals surface area contributed by atoms with Gasteiger partial charge in [-0.15, -0.1) is 11.3 Å². The molecule has 3 heterocycles. The molecule has 1 N–H and O–H groups in total. The Hall–Kier alpha value is -0.490. The van der Waals surface area contributed by atoms with Crippen LogP contribution < -0.4 is 0 Å². The molecule has 0 aromatic carbocycles. The molecule has 1 aromatic rings. The van der Waals surface area contributed by atoms with Crippen molar-refractivity contribution in [2.45, 2.75) is 44.9 Å². The molecule has 18 heavy (non-hydrogen) atoms. The van der Waals surface area contributed by atoms with Crippen LogP contribution >= 0.6 is 11.3 Å². The highest BCUT2D eigenvalue weighted by molar-refractivity contribution is 7.11. The minimum atomic E-state index is -0.431. The Bertz CT molecular complexity index is 433. The summed E-state index contributed by atoms with van der Waals surface area (Å²) in [4.78, 5) is 8.07. The van der Waals surface area contributed by atoms with Gasteiger partial charge in [-0.2, -0.15) is 0 Å². The molecule has 3 atom stereocenters. The third-order valence-electron chi connectivity index (χ3n) is 3.89. The third kappa shape index (κ3) is 2.20. The van der Waals surface area contributed by atoms with Crippen molar-refractivity contribution in [3.63, 3.8) is 0 Å². The maximum Gasteiger partial charge on any atom is 0.123 e. The molecule has 0 saturated carbocycles. The number of rotatable bonds is 2. The summed E-state index contributed by atoms with van der Waals surface area (Å²) in [6.07, 6.45) is 2.22. The zero-order valence-electron chi connectivity index (χ0n) is 10.9. The summed E-state index contributed by atoms with van der Waals surface area (Å²) in [6, 6.07) is 0.624. The van der Waals surface area contributed by atoms with Gasteiger partial charge < -0.3 is 9.84 Å². The fourth-order valence-electron chi connectivity index (χ4n) is 2.92. The average Bonchev–Trinajstić information content (AvgIpc) is 2.93. The van der Waals surface area contributed by atoms with Crippen LogP contribution in [-0.4, -0.2) is 40.7 Å². The Morgan fingerprint density at radius 3 is 3.11 bits per heavy atom. The summed E-state index contributed by atoms with van der Waals surface area (Å²) < 4.78 is 5.95. The first-order valence-electron chi connectivity index (χ1n) is 6.66. The fourth-order valence-corrected chi connectivity index (χ4v) is 3.97. The molecule has 2 fully saturated rings. The topological polar surface area (TPSA) is 45.6 Å². The summed E-state index contributed by atoms with van der Waals surface area (Å²) in [7, 11) is 0. The number of aliphatic hydroxyl groups excluding tert-OH is 1. The van der Waals surface area contributed by atoms with Crippen LogP contribution in [0.2, 0.25) is 0 Å². The molecule has 1 aromatic heterocycles. The van der Waals surface area contributed by atoms with Gasteiger partial charge in [-0.05, 0) is 33.2 Å². The molecule has 5 heteroatoms. The molecule has 2 aliphatic heterocycles. The molecular weight excluding hydrogens is 248 g/mol. The molecule has 0 bridgehead atoms. The Labute approximate surface area is 112 Å². The number of hydrogen-bond acceptors (Lipinski definition) is 5. The molecule has 2 saturated heterocycles. The lowest BCUT2D eigenvalue weighted by Crippen LogP contribution is -2.42. The number of hydrogen-bond donors (Lipinski definition) is 1. The van der Waals surface area contributed by atoms with Crippen molar-refractivity contribution in [2.24, 2.45) is 0 Å². The van der Waals surface area contributed by atoms with Gasteiger partial charge in [0.05, 0.1) is 23.3 Å². The van der Waals surface area contributed by atoms with Crippen molar-refractivity contribution in [1.82, 2.24) is 9.88 Å². The van der Waals surface area contributed by atoms with E-state index in [0.717, 1.165) is 28.7 Å². The molecule has 0 aliphatic carbocycles. The van der Waals surface area contributed by atoms with E-state index in [0.29, 0.717) is 6.04 Å². The minimum Gasteiger partial charge on any atom is -0.388 e. The highest BCUT2D eigenvalue weighted by atomic mass is 32.1. The molecule has 0 radical (unpaired) electrons. The lowest BCUT2D eigenvalue weighted by Gasteiger charge is -2.34. The standard InChI is InChI=1S/C13H20N2O2S/c1-8-12(9(2)16)18-13(14-8)11-6-15-5-3-4-10(15)7-17-11/h9-11,16H,3-7H2,1-2H3. The van der Waals surface area contributed by atoms with Crippen LogP contribution in [-0.2, 0) is 4.74 Å². The van der Waals surface area contributed by atoms with Crippen molar-refractivity contribution in [3.05, 3.63) is 15.6 Å². The van der Waals surface area contributed by atoms with Crippen LogP contribution in [0.5, 0.6) is 0 Å². The third-order valence-corrected chi connectivity index (χ3v) is 5.31. The Morgan fingerprint density at radius 2 is 2.39 bits per heavy atom. The zero-order valence-corrected chi connectivity index (χ0v) is 11.7. The van der Waals surface area contributed by atoms with E-state index in [9.17, 15) is 5.11 Å². The van der Waals surface area contributed by atoms with Gasteiger partial charge in [0.1, 0.15) is 11.1 Å². The number of ether oxygens (including phenoxy) is 1. The number of aromatic nitrogens is 1. The van der Waals surface area contributed by atoms with Gasteiger partial charge in [0.2, 0.25) is 0 Å². The number of thiazole rings is 1. The van der Waals surface area contributed by atoms with Gasteiger partial charge in [-0.1, -0.05) is 0 Å². The normalized spacial score (nSPS) is 30.4. The van der Waals surface area contributed by atoms with Gasteiger partial charge in [0.25, 0.3) is 0 Å². The van der Waals surface area contributed by atoms with E-state index in [1.165, 1.54) is 19.4 Å². The van der Waals surface area contributed by atoms with E-state index in [1.54, 1.807) is 18.3 Å². The van der Waals surface area contributed by atoms with Crippen LogP contribution in [0, 0.1) is 6.92 Å². The van der Waals surface area contributed by atoms with Gasteiger partial charge in [-0.25, -0.2) is 4.98 Å². The van der Waals surface area contributed by atoms with E-state index in [2.05, 4.69) is 9.88 Å². The minimum absolute atomic E-state index is 0.0931. The lowest BCUT2D eigenvalue weighted by molar-refractivity contribution is -0.0502. The Morgan fingerprint density at radius 1 is 1.56 bits per heavy atom. The number of aryl methyl sites for hydroxylation is 1. The Balaban J connectivity index is 1.76. The molecule has 0 spiro atoms. The first-order valence-corrected chi connectivity index (χ1v) is 7.47. The number of fused-ring (bicyclic) bond motifs is 1. The van der Waals surface area contributed by atoms with E-state index < -0.39 is 6.10 Å². The number of aliphatic hydroxyl groups is 1. The SMILES string of the molecule is Cc1nc(C2CN3CCCC3CO2)sc1C(C)O. The maximum absolute atomic E-state index is 9.69. The van der Waals surface area contributed by atoms with Gasteiger partial charge in [0, 0.05) is 12.6 Å². The molecule has 3 rings (SSSR count). The zero-order chi connectivity index (χ0) is 12.7. The molecule has 0 amide bonds. The summed E-state index contributed by atoms with van der Waals surface area (Å²) in [5.74, 6) is 0.